The van der Waals surface area contributed by atoms with E-state index in [9.17, 15) is 0 Å². The Bertz CT molecular complexity index is 1950. The summed E-state index contributed by atoms with van der Waals surface area (Å²) in [5.74, 6) is 1.59. The molecule has 8 atom stereocenters. The summed E-state index contributed by atoms with van der Waals surface area (Å²) < 4.78 is 29.2. The molecule has 0 aromatic heterocycles. The van der Waals surface area contributed by atoms with Crippen molar-refractivity contribution in [2.45, 2.75) is 112 Å². The van der Waals surface area contributed by atoms with Crippen molar-refractivity contribution in [1.29, 1.82) is 0 Å². The predicted molar refractivity (Wildman–Crippen MR) is 288 cm³/mol. The summed E-state index contributed by atoms with van der Waals surface area (Å²) in [6, 6.07) is 41.7. The van der Waals surface area contributed by atoms with Crippen LogP contribution in [0.1, 0.15) is 74.3 Å². The number of rotatable bonds is 25. The fourth-order valence-corrected chi connectivity index (χ4v) is 20.8. The normalized spacial score (nSPS) is 17.3. The van der Waals surface area contributed by atoms with E-state index in [0.29, 0.717) is 6.61 Å². The van der Waals surface area contributed by atoms with Gasteiger partial charge in [0.05, 0.1) is 13.7 Å². The van der Waals surface area contributed by atoms with Crippen LogP contribution in [0.4, 0.5) is 0 Å². The standard InChI is InChI=1S/C56H80IO5PSi/c1-15-16-26-43(3)54(60-39-48-33-35-49(59-12)36-34-48)47(7)55(62-64(13,14)56(8,9)10)45(5)38-42(2)37-44(4)53(61-41-58-11)46(6)40-63(57,50-27-20-17-21-28-50,51-29-22-18-23-30-51)52-31-24-19-25-32-52/h15-37,43-47,53-55H,1,38-41H2,2-14H3/b26-16-,42-37-/t43-,44-,45-,46-,47+,53+,54-,55+/m0/s1. The average molecular weight is 1020 g/mol. The van der Waals surface area contributed by atoms with E-state index >= 15 is 0 Å². The average Bonchev–Trinajstić information content (AvgIpc) is 3.28. The number of hydrogen-bond acceptors (Lipinski definition) is 5. The zero-order chi connectivity index (χ0) is 47.2. The molecule has 0 saturated heterocycles. The molecule has 4 rings (SSSR count). The van der Waals surface area contributed by atoms with E-state index in [0.717, 1.165) is 23.9 Å². The molecule has 4 aromatic rings. The van der Waals surface area contributed by atoms with Gasteiger partial charge < -0.3 is 4.74 Å². The third kappa shape index (κ3) is 13.4. The molecule has 8 heteroatoms. The van der Waals surface area contributed by atoms with Crippen molar-refractivity contribution in [1.82, 2.24) is 0 Å². The van der Waals surface area contributed by atoms with E-state index in [1.807, 2.05) is 24.3 Å². The summed E-state index contributed by atoms with van der Waals surface area (Å²) in [6.07, 6.45) is 10.2. The molecule has 0 spiro atoms. The zero-order valence-electron chi connectivity index (χ0n) is 41.3. The van der Waals surface area contributed by atoms with Crippen molar-refractivity contribution < 1.29 is 23.4 Å². The van der Waals surface area contributed by atoms with E-state index in [4.69, 9.17) is 23.4 Å². The Morgan fingerprint density at radius 3 is 1.67 bits per heavy atom. The molecular formula is C56H80IO5PSi. The second-order valence-corrected chi connectivity index (χ2v) is 35.2. The Kier molecular flexibility index (Phi) is 20.3. The Morgan fingerprint density at radius 1 is 0.703 bits per heavy atom. The molecule has 0 radical (unpaired) electrons. The van der Waals surface area contributed by atoms with E-state index in [2.05, 4.69) is 219 Å². The number of benzene rings is 4. The number of hydrogen-bond donors (Lipinski definition) is 0. The van der Waals surface area contributed by atoms with Crippen molar-refractivity contribution in [2.75, 3.05) is 27.2 Å². The molecule has 0 fully saturated rings. The minimum atomic E-state index is -3.07. The topological polar surface area (TPSA) is 46.2 Å². The van der Waals surface area contributed by atoms with Gasteiger partial charge in [-0.2, -0.15) is 0 Å². The summed E-state index contributed by atoms with van der Waals surface area (Å²) in [7, 11) is 1.22. The number of ether oxygens (including phenoxy) is 4. The van der Waals surface area contributed by atoms with Crippen LogP contribution in [0, 0.1) is 29.6 Å². The van der Waals surface area contributed by atoms with Crippen LogP contribution in [0.25, 0.3) is 0 Å². The van der Waals surface area contributed by atoms with Crippen molar-refractivity contribution in [3.05, 3.63) is 157 Å². The van der Waals surface area contributed by atoms with Gasteiger partial charge in [-0.15, -0.1) is 0 Å². The monoisotopic (exact) mass is 1020 g/mol. The number of methoxy groups -OCH3 is 2. The number of allylic oxidation sites excluding steroid dienone is 3. The SMILES string of the molecule is C=C/C=C\[C@H](C)[C@H](OCc1ccc(OC)cc1)[C@@H](C)[C@H](O[Si](C)(C)C(C)(C)C)[C@@H](C)C/C(C)=C\[C@H](C)[C@@H](OCOC)[C@@H](C)CP(I)(c1ccccc1)(c1ccccc1)c1ccccc1. The Hall–Kier alpha value is -2.88. The van der Waals surface area contributed by atoms with Gasteiger partial charge in [0.1, 0.15) is 5.75 Å². The van der Waals surface area contributed by atoms with Gasteiger partial charge in [-0.1, -0.05) is 64.6 Å². The van der Waals surface area contributed by atoms with Crippen LogP contribution in [0.3, 0.4) is 0 Å². The second-order valence-electron chi connectivity index (χ2n) is 19.7. The van der Waals surface area contributed by atoms with Crippen LogP contribution in [0.2, 0.25) is 18.1 Å². The molecule has 0 unspecified atom stereocenters. The van der Waals surface area contributed by atoms with Crippen LogP contribution in [-0.4, -0.2) is 53.8 Å². The first-order valence-corrected chi connectivity index (χ1v) is 31.3. The van der Waals surface area contributed by atoms with Gasteiger partial charge in [-0.05, 0) is 17.7 Å². The second kappa shape index (κ2) is 24.2. The molecule has 0 amide bonds. The van der Waals surface area contributed by atoms with Gasteiger partial charge in [0, 0.05) is 0 Å². The molecule has 0 heterocycles. The molecule has 64 heavy (non-hydrogen) atoms. The first-order chi connectivity index (χ1) is 30.3. The number of halogens is 1. The van der Waals surface area contributed by atoms with Crippen molar-refractivity contribution in [3.8, 4) is 5.75 Å². The molecule has 350 valence electrons. The van der Waals surface area contributed by atoms with Gasteiger partial charge in [0.15, 0.2) is 0 Å². The first kappa shape index (κ1) is 53.7. The van der Waals surface area contributed by atoms with Gasteiger partial charge in [-0.3, -0.25) is 0 Å². The van der Waals surface area contributed by atoms with E-state index in [-0.39, 0.29) is 59.7 Å². The minimum absolute atomic E-state index is 0.0350. The fourth-order valence-electron chi connectivity index (χ4n) is 9.35. The van der Waals surface area contributed by atoms with Crippen LogP contribution >= 0.6 is 26.3 Å². The van der Waals surface area contributed by atoms with Crippen molar-refractivity contribution >= 4 is 50.5 Å². The quantitative estimate of drug-likeness (QED) is 0.0165. The van der Waals surface area contributed by atoms with E-state index < -0.39 is 12.6 Å². The third-order valence-corrected chi connectivity index (χ3v) is 29.7. The molecule has 0 bridgehead atoms. The Balaban J connectivity index is 1.71. The van der Waals surface area contributed by atoms with Gasteiger partial charge >= 0.3 is 299 Å². The zero-order valence-corrected chi connectivity index (χ0v) is 45.4. The van der Waals surface area contributed by atoms with Crippen LogP contribution < -0.4 is 20.7 Å². The van der Waals surface area contributed by atoms with Crippen LogP contribution in [0.15, 0.2) is 152 Å². The van der Waals surface area contributed by atoms with Crippen LogP contribution in [-0.2, 0) is 25.2 Å². The maximum atomic E-state index is 7.51. The Labute approximate surface area is 403 Å². The van der Waals surface area contributed by atoms with E-state index in [1.165, 1.54) is 21.5 Å². The summed E-state index contributed by atoms with van der Waals surface area (Å²) in [6.45, 7) is 30.4. The summed E-state index contributed by atoms with van der Waals surface area (Å²) >= 11 is 2.91. The maximum absolute atomic E-state index is 7.51. The summed E-state index contributed by atoms with van der Waals surface area (Å²) in [4.78, 5) is 0. The molecular weight excluding hydrogens is 939 g/mol. The molecule has 0 N–H and O–H groups in total. The molecule has 5 nitrogen and oxygen atoms in total. The summed E-state index contributed by atoms with van der Waals surface area (Å²) in [5.41, 5.74) is 2.45. The Morgan fingerprint density at radius 2 is 1.22 bits per heavy atom. The van der Waals surface area contributed by atoms with Gasteiger partial charge in [-0.25, -0.2) is 0 Å². The predicted octanol–water partition coefficient (Wildman–Crippen LogP) is 14.1. The van der Waals surface area contributed by atoms with Crippen LogP contribution in [0.5, 0.6) is 5.75 Å². The van der Waals surface area contributed by atoms with Crippen molar-refractivity contribution in [3.63, 3.8) is 0 Å². The molecule has 4 aromatic carbocycles. The van der Waals surface area contributed by atoms with Crippen molar-refractivity contribution in [2.24, 2.45) is 29.6 Å². The van der Waals surface area contributed by atoms with E-state index in [1.54, 1.807) is 14.2 Å². The fraction of sp³-hybridized carbons (Fsp3) is 0.464. The third-order valence-electron chi connectivity index (χ3n) is 13.7. The first-order valence-electron chi connectivity index (χ1n) is 23.2. The molecule has 0 aliphatic rings. The molecule has 0 aliphatic carbocycles. The van der Waals surface area contributed by atoms with Gasteiger partial charge in [0.25, 0.3) is 0 Å². The molecule has 0 aliphatic heterocycles. The van der Waals surface area contributed by atoms with Gasteiger partial charge in [0.2, 0.25) is 0 Å². The molecule has 0 saturated carbocycles. The summed E-state index contributed by atoms with van der Waals surface area (Å²) in [5, 5.41) is 4.17.